The van der Waals surface area contributed by atoms with E-state index in [4.69, 9.17) is 10.1 Å². The molecule has 1 fully saturated rings. The summed E-state index contributed by atoms with van der Waals surface area (Å²) in [5.74, 6) is 0.551. The summed E-state index contributed by atoms with van der Waals surface area (Å²) < 4.78 is 15.0. The molecule has 1 saturated heterocycles. The molecule has 6 nitrogen and oxygen atoms in total. The smallest absolute Gasteiger partial charge is 0.170 e. The second-order valence-electron chi connectivity index (χ2n) is 7.91. The van der Waals surface area contributed by atoms with Gasteiger partial charge in [0.1, 0.15) is 17.0 Å². The van der Waals surface area contributed by atoms with Gasteiger partial charge in [0.2, 0.25) is 0 Å². The first-order chi connectivity index (χ1) is 14.3. The molecule has 0 saturated carbocycles. The Kier molecular flexibility index (Phi) is 4.11. The number of aromatic nitrogens is 4. The van der Waals surface area contributed by atoms with Gasteiger partial charge < -0.3 is 0 Å². The van der Waals surface area contributed by atoms with E-state index in [9.17, 15) is 4.39 Å². The Morgan fingerprint density at radius 2 is 1.86 bits per heavy atom. The summed E-state index contributed by atoms with van der Waals surface area (Å²) in [4.78, 5) is 12.1. The molecule has 0 spiro atoms. The van der Waals surface area contributed by atoms with Crippen LogP contribution in [0.3, 0.4) is 0 Å². The number of hydrogen-bond acceptors (Lipinski definition) is 6. The maximum Gasteiger partial charge on any atom is 0.170 e. The number of thiophene rings is 1. The zero-order valence-corrected chi connectivity index (χ0v) is 16.7. The molecule has 2 unspecified atom stereocenters. The highest BCUT2D eigenvalue weighted by molar-refractivity contribution is 7.19. The number of hydrogen-bond donors (Lipinski definition) is 2. The lowest BCUT2D eigenvalue weighted by Crippen LogP contribution is -2.27. The maximum absolute atomic E-state index is 13.2. The molecule has 29 heavy (non-hydrogen) atoms. The molecule has 2 atom stereocenters. The molecule has 3 aromatic heterocycles. The van der Waals surface area contributed by atoms with Crippen LogP contribution in [-0.2, 0) is 12.8 Å². The van der Waals surface area contributed by atoms with Crippen LogP contribution in [-0.4, -0.2) is 19.6 Å². The van der Waals surface area contributed by atoms with Crippen LogP contribution in [0.2, 0.25) is 0 Å². The number of nitrogens with one attached hydrogen (secondary N) is 2. The number of fused-ring (bicyclic) bond motifs is 5. The fourth-order valence-corrected chi connectivity index (χ4v) is 5.76. The van der Waals surface area contributed by atoms with Gasteiger partial charge in [-0.1, -0.05) is 18.6 Å². The second kappa shape index (κ2) is 6.83. The van der Waals surface area contributed by atoms with Crippen LogP contribution in [0, 0.1) is 5.82 Å². The number of halogens is 1. The van der Waals surface area contributed by atoms with Gasteiger partial charge in [-0.3, -0.25) is 0 Å². The number of hydrazine groups is 1. The first kappa shape index (κ1) is 17.4. The Labute approximate surface area is 171 Å². The van der Waals surface area contributed by atoms with E-state index in [0.29, 0.717) is 0 Å². The molecule has 0 radical (unpaired) electrons. The fourth-order valence-electron chi connectivity index (χ4n) is 4.53. The Morgan fingerprint density at radius 3 is 2.76 bits per heavy atom. The van der Waals surface area contributed by atoms with Crippen LogP contribution >= 0.6 is 11.3 Å². The largest absolute Gasteiger partial charge is 0.250 e. The minimum Gasteiger partial charge on any atom is -0.250 e. The topological polar surface area (TPSA) is 67.1 Å². The summed E-state index contributed by atoms with van der Waals surface area (Å²) >= 11 is 1.82. The van der Waals surface area contributed by atoms with Crippen molar-refractivity contribution in [1.82, 2.24) is 30.4 Å². The zero-order chi connectivity index (χ0) is 19.4. The predicted octanol–water partition coefficient (Wildman–Crippen LogP) is 4.03. The van der Waals surface area contributed by atoms with Crippen molar-refractivity contribution in [2.45, 2.75) is 50.6 Å². The predicted molar refractivity (Wildman–Crippen MR) is 110 cm³/mol. The molecule has 4 heterocycles. The summed E-state index contributed by atoms with van der Waals surface area (Å²) in [7, 11) is 0. The van der Waals surface area contributed by atoms with E-state index in [1.54, 1.807) is 6.33 Å². The van der Waals surface area contributed by atoms with Gasteiger partial charge >= 0.3 is 0 Å². The molecule has 8 heteroatoms. The second-order valence-corrected chi connectivity index (χ2v) is 8.99. The maximum atomic E-state index is 13.2. The number of rotatable bonds is 2. The Balaban J connectivity index is 1.36. The van der Waals surface area contributed by atoms with Crippen molar-refractivity contribution < 1.29 is 4.39 Å². The quantitative estimate of drug-likeness (QED) is 0.490. The highest BCUT2D eigenvalue weighted by Crippen LogP contribution is 2.37. The molecule has 2 aliphatic rings. The SMILES string of the molecule is Fc1ccc(C2CC(c3nc4c5c6c(sc5ncn4n3)CCCCC6)NN2)cc1. The van der Waals surface area contributed by atoms with Gasteiger partial charge in [0.05, 0.1) is 11.4 Å². The normalized spacial score (nSPS) is 22.2. The Bertz CT molecular complexity index is 1200. The lowest BCUT2D eigenvalue weighted by Gasteiger charge is -2.08. The van der Waals surface area contributed by atoms with Gasteiger partial charge in [0.15, 0.2) is 11.5 Å². The van der Waals surface area contributed by atoms with E-state index in [1.807, 2.05) is 28.0 Å². The first-order valence-corrected chi connectivity index (χ1v) is 11.0. The lowest BCUT2D eigenvalue weighted by atomic mass is 10.0. The third-order valence-corrected chi connectivity index (χ3v) is 7.25. The van der Waals surface area contributed by atoms with Gasteiger partial charge in [-0.2, -0.15) is 0 Å². The van der Waals surface area contributed by atoms with Gasteiger partial charge in [-0.15, -0.1) is 16.4 Å². The van der Waals surface area contributed by atoms with E-state index in [1.165, 1.54) is 47.2 Å². The summed E-state index contributed by atoms with van der Waals surface area (Å²) in [6, 6.07) is 6.74. The third-order valence-electron chi connectivity index (χ3n) is 6.05. The Morgan fingerprint density at radius 1 is 1.03 bits per heavy atom. The van der Waals surface area contributed by atoms with Crippen molar-refractivity contribution in [3.8, 4) is 0 Å². The lowest BCUT2D eigenvalue weighted by molar-refractivity contribution is 0.540. The van der Waals surface area contributed by atoms with Crippen LogP contribution in [0.4, 0.5) is 4.39 Å². The molecule has 6 rings (SSSR count). The van der Waals surface area contributed by atoms with Crippen molar-refractivity contribution >= 4 is 27.2 Å². The van der Waals surface area contributed by atoms with Crippen molar-refractivity contribution in [3.05, 3.63) is 58.2 Å². The van der Waals surface area contributed by atoms with E-state index < -0.39 is 0 Å². The monoisotopic (exact) mass is 408 g/mol. The number of nitrogens with zero attached hydrogens (tertiary/aromatic N) is 4. The van der Waals surface area contributed by atoms with Gasteiger partial charge in [0, 0.05) is 10.9 Å². The molecular formula is C21H21FN6S. The minimum absolute atomic E-state index is 0.00255. The highest BCUT2D eigenvalue weighted by Gasteiger charge is 2.30. The van der Waals surface area contributed by atoms with Crippen molar-refractivity contribution in [3.63, 3.8) is 0 Å². The average molecular weight is 409 g/mol. The van der Waals surface area contributed by atoms with Crippen LogP contribution in [0.1, 0.15) is 59.6 Å². The van der Waals surface area contributed by atoms with Gasteiger partial charge in [-0.25, -0.2) is 29.7 Å². The van der Waals surface area contributed by atoms with Crippen molar-refractivity contribution in [2.24, 2.45) is 0 Å². The molecule has 0 bridgehead atoms. The molecule has 1 aromatic carbocycles. The fraction of sp³-hybridized carbons (Fsp3) is 0.381. The molecule has 2 N–H and O–H groups in total. The average Bonchev–Trinajstić information content (AvgIpc) is 3.41. The molecule has 148 valence electrons. The van der Waals surface area contributed by atoms with Crippen LogP contribution in [0.5, 0.6) is 0 Å². The Hall–Kier alpha value is -2.42. The molecule has 1 aliphatic heterocycles. The van der Waals surface area contributed by atoms with Crippen LogP contribution < -0.4 is 10.9 Å². The van der Waals surface area contributed by atoms with Gasteiger partial charge in [0.25, 0.3) is 0 Å². The summed E-state index contributed by atoms with van der Waals surface area (Å²) in [6.45, 7) is 0. The minimum atomic E-state index is -0.218. The third kappa shape index (κ3) is 2.94. The standard InChI is InChI=1S/C21H21FN6S/c22-13-8-6-12(7-9-13)15-10-16(26-25-15)19-24-20-18-14-4-2-1-3-5-17(14)29-21(18)23-11-28(20)27-19/h6-9,11,15-16,25-26H,1-5,10H2. The highest BCUT2D eigenvalue weighted by atomic mass is 32.1. The van der Waals surface area contributed by atoms with E-state index in [2.05, 4.69) is 15.8 Å². The summed E-state index contributed by atoms with van der Waals surface area (Å²) in [5, 5.41) is 5.91. The zero-order valence-electron chi connectivity index (χ0n) is 15.9. The van der Waals surface area contributed by atoms with Gasteiger partial charge in [-0.05, 0) is 55.4 Å². The molecule has 0 amide bonds. The van der Waals surface area contributed by atoms with E-state index in [-0.39, 0.29) is 17.9 Å². The van der Waals surface area contributed by atoms with Crippen molar-refractivity contribution in [1.29, 1.82) is 0 Å². The first-order valence-electron chi connectivity index (χ1n) is 10.2. The van der Waals surface area contributed by atoms with Crippen LogP contribution in [0.25, 0.3) is 15.9 Å². The molecular weight excluding hydrogens is 387 g/mol. The van der Waals surface area contributed by atoms with E-state index >= 15 is 0 Å². The molecule has 4 aromatic rings. The van der Waals surface area contributed by atoms with Crippen molar-refractivity contribution in [2.75, 3.05) is 0 Å². The summed E-state index contributed by atoms with van der Waals surface area (Å²) in [6.07, 6.45) is 8.63. The number of aryl methyl sites for hydroxylation is 2. The van der Waals surface area contributed by atoms with E-state index in [0.717, 1.165) is 41.1 Å². The number of benzene rings is 1. The summed E-state index contributed by atoms with van der Waals surface area (Å²) in [5.41, 5.74) is 10.0. The van der Waals surface area contributed by atoms with Crippen LogP contribution in [0.15, 0.2) is 30.6 Å². The molecule has 1 aliphatic carbocycles.